The normalized spacial score (nSPS) is 19.9. The van der Waals surface area contributed by atoms with E-state index in [1.165, 1.54) is 0 Å². The average Bonchev–Trinajstić information content (AvgIpc) is 3.19. The molecule has 140 valence electrons. The molecule has 28 heavy (non-hydrogen) atoms. The Balaban J connectivity index is 1.65. The van der Waals surface area contributed by atoms with E-state index in [-0.39, 0.29) is 18.2 Å². The third-order valence-corrected chi connectivity index (χ3v) is 5.84. The second-order valence-electron chi connectivity index (χ2n) is 7.27. The highest BCUT2D eigenvalue weighted by Crippen LogP contribution is 2.50. The Labute approximate surface area is 166 Å². The molecule has 6 nitrogen and oxygen atoms in total. The number of aromatic nitrogens is 2. The van der Waals surface area contributed by atoms with Gasteiger partial charge in [0.05, 0.1) is 12.7 Å². The molecule has 0 radical (unpaired) electrons. The highest BCUT2D eigenvalue weighted by Gasteiger charge is 2.54. The van der Waals surface area contributed by atoms with Crippen LogP contribution in [-0.2, 0) is 21.5 Å². The number of para-hydroxylation sites is 1. The zero-order valence-electron chi connectivity index (χ0n) is 15.1. The topological polar surface area (TPSA) is 76.0 Å². The number of nitrogens with one attached hydrogen (secondary N) is 2. The summed E-state index contributed by atoms with van der Waals surface area (Å²) in [5.74, 6) is 0.185. The molecule has 3 aromatic rings. The molecule has 0 saturated carbocycles. The van der Waals surface area contributed by atoms with Crippen LogP contribution in [-0.4, -0.2) is 21.6 Å². The molecule has 1 aromatic heterocycles. The van der Waals surface area contributed by atoms with Crippen LogP contribution in [0.4, 0.5) is 11.5 Å². The van der Waals surface area contributed by atoms with Crippen LogP contribution in [0.15, 0.2) is 48.7 Å². The van der Waals surface area contributed by atoms with Crippen molar-refractivity contribution in [2.45, 2.75) is 25.3 Å². The van der Waals surface area contributed by atoms with E-state index in [2.05, 4.69) is 15.7 Å². The van der Waals surface area contributed by atoms with Crippen LogP contribution in [0, 0.1) is 6.92 Å². The average molecular weight is 393 g/mol. The maximum atomic E-state index is 13.1. The fraction of sp³-hybridized carbons (Fsp3) is 0.190. The molecule has 2 aliphatic rings. The van der Waals surface area contributed by atoms with Gasteiger partial charge in [-0.3, -0.25) is 9.59 Å². The van der Waals surface area contributed by atoms with Crippen molar-refractivity contribution >= 4 is 34.9 Å². The molecule has 0 bridgehead atoms. The van der Waals surface area contributed by atoms with Crippen molar-refractivity contribution in [2.75, 3.05) is 10.6 Å². The zero-order chi connectivity index (χ0) is 19.5. The molecule has 3 heterocycles. The van der Waals surface area contributed by atoms with Gasteiger partial charge in [0.25, 0.3) is 0 Å². The number of amides is 2. The summed E-state index contributed by atoms with van der Waals surface area (Å²) in [6, 6.07) is 13.2. The quantitative estimate of drug-likeness (QED) is 0.701. The number of hydrogen-bond donors (Lipinski definition) is 2. The van der Waals surface area contributed by atoms with Gasteiger partial charge in [0.15, 0.2) is 0 Å². The minimum atomic E-state index is -1.04. The van der Waals surface area contributed by atoms with Crippen LogP contribution < -0.4 is 10.6 Å². The molecular weight excluding hydrogens is 376 g/mol. The number of benzene rings is 2. The smallest absolute Gasteiger partial charge is 0.240 e. The molecule has 0 fully saturated rings. The minimum absolute atomic E-state index is 0.0644. The highest BCUT2D eigenvalue weighted by atomic mass is 35.5. The van der Waals surface area contributed by atoms with Gasteiger partial charge in [-0.1, -0.05) is 41.9 Å². The van der Waals surface area contributed by atoms with Crippen molar-refractivity contribution in [1.29, 1.82) is 0 Å². The van der Waals surface area contributed by atoms with E-state index < -0.39 is 5.41 Å². The Morgan fingerprint density at radius 2 is 1.89 bits per heavy atom. The van der Waals surface area contributed by atoms with Gasteiger partial charge in [-0.05, 0) is 35.7 Å². The summed E-state index contributed by atoms with van der Waals surface area (Å²) in [7, 11) is 0. The van der Waals surface area contributed by atoms with Gasteiger partial charge in [0.1, 0.15) is 11.2 Å². The van der Waals surface area contributed by atoms with Gasteiger partial charge in [-0.25, -0.2) is 4.68 Å². The second kappa shape index (κ2) is 5.94. The first-order valence-corrected chi connectivity index (χ1v) is 9.39. The molecular formula is C21H17ClN4O2. The molecule has 2 aromatic carbocycles. The molecule has 2 amide bonds. The van der Waals surface area contributed by atoms with Crippen molar-refractivity contribution in [3.05, 3.63) is 75.9 Å². The zero-order valence-corrected chi connectivity index (χ0v) is 15.9. The molecule has 0 saturated heterocycles. The van der Waals surface area contributed by atoms with Gasteiger partial charge < -0.3 is 10.6 Å². The number of carbonyl (C=O) groups excluding carboxylic acids is 2. The third-order valence-electron chi connectivity index (χ3n) is 5.59. The van der Waals surface area contributed by atoms with E-state index in [0.29, 0.717) is 17.4 Å². The lowest BCUT2D eigenvalue weighted by molar-refractivity contribution is -0.125. The number of nitrogens with zero attached hydrogens (tertiary/aromatic N) is 2. The number of hydrogen-bond acceptors (Lipinski definition) is 3. The van der Waals surface area contributed by atoms with Crippen molar-refractivity contribution in [3.63, 3.8) is 0 Å². The summed E-state index contributed by atoms with van der Waals surface area (Å²) in [6.07, 6.45) is 1.76. The number of rotatable bonds is 2. The fourth-order valence-corrected chi connectivity index (χ4v) is 4.33. The second-order valence-corrected chi connectivity index (χ2v) is 7.71. The SMILES string of the molecule is Cc1cccc2c1NC(=O)[C@]21CC(=O)Nc2c1cnn2Cc1ccc(Cl)cc1. The highest BCUT2D eigenvalue weighted by molar-refractivity contribution is 6.30. The lowest BCUT2D eigenvalue weighted by Crippen LogP contribution is -2.43. The molecule has 2 N–H and O–H groups in total. The van der Waals surface area contributed by atoms with Crippen molar-refractivity contribution in [2.24, 2.45) is 0 Å². The van der Waals surface area contributed by atoms with Gasteiger partial charge in [-0.15, -0.1) is 0 Å². The largest absolute Gasteiger partial charge is 0.324 e. The van der Waals surface area contributed by atoms with E-state index in [4.69, 9.17) is 11.6 Å². The molecule has 0 aliphatic carbocycles. The van der Waals surface area contributed by atoms with E-state index in [9.17, 15) is 9.59 Å². The predicted octanol–water partition coefficient (Wildman–Crippen LogP) is 3.47. The number of carbonyl (C=O) groups is 2. The number of aryl methyl sites for hydroxylation is 1. The summed E-state index contributed by atoms with van der Waals surface area (Å²) in [5, 5.41) is 11.0. The Hall–Kier alpha value is -3.12. The molecule has 5 rings (SSSR count). The monoisotopic (exact) mass is 392 g/mol. The summed E-state index contributed by atoms with van der Waals surface area (Å²) in [6.45, 7) is 2.41. The maximum absolute atomic E-state index is 13.1. The summed E-state index contributed by atoms with van der Waals surface area (Å²) in [5.41, 5.74) is 3.28. The molecule has 1 spiro atoms. The van der Waals surface area contributed by atoms with Crippen LogP contribution in [0.1, 0.15) is 28.7 Å². The van der Waals surface area contributed by atoms with Crippen LogP contribution >= 0.6 is 11.6 Å². The summed E-state index contributed by atoms with van der Waals surface area (Å²) < 4.78 is 1.72. The van der Waals surface area contributed by atoms with Crippen molar-refractivity contribution in [1.82, 2.24) is 9.78 Å². The van der Waals surface area contributed by atoms with Crippen LogP contribution in [0.3, 0.4) is 0 Å². The van der Waals surface area contributed by atoms with Crippen molar-refractivity contribution in [3.8, 4) is 0 Å². The van der Waals surface area contributed by atoms with Crippen molar-refractivity contribution < 1.29 is 9.59 Å². The minimum Gasteiger partial charge on any atom is -0.324 e. The van der Waals surface area contributed by atoms with Gasteiger partial charge in [0, 0.05) is 22.7 Å². The first-order chi connectivity index (χ1) is 13.5. The lowest BCUT2D eigenvalue weighted by atomic mass is 9.71. The van der Waals surface area contributed by atoms with E-state index in [1.807, 2.05) is 49.4 Å². The Morgan fingerprint density at radius 1 is 1.11 bits per heavy atom. The van der Waals surface area contributed by atoms with E-state index in [1.54, 1.807) is 10.9 Å². The Bertz CT molecular complexity index is 1140. The van der Waals surface area contributed by atoms with E-state index in [0.717, 1.165) is 27.9 Å². The molecule has 7 heteroatoms. The fourth-order valence-electron chi connectivity index (χ4n) is 4.20. The Kier molecular flexibility index (Phi) is 3.61. The maximum Gasteiger partial charge on any atom is 0.240 e. The number of fused-ring (bicyclic) bond motifs is 4. The molecule has 2 aliphatic heterocycles. The van der Waals surface area contributed by atoms with Crippen LogP contribution in [0.5, 0.6) is 0 Å². The number of anilines is 2. The predicted molar refractivity (Wildman–Crippen MR) is 107 cm³/mol. The summed E-state index contributed by atoms with van der Waals surface area (Å²) >= 11 is 5.96. The molecule has 1 atom stereocenters. The lowest BCUT2D eigenvalue weighted by Gasteiger charge is -2.31. The first-order valence-electron chi connectivity index (χ1n) is 9.01. The van der Waals surface area contributed by atoms with Gasteiger partial charge >= 0.3 is 0 Å². The number of halogens is 1. The van der Waals surface area contributed by atoms with Gasteiger partial charge in [0.2, 0.25) is 11.8 Å². The summed E-state index contributed by atoms with van der Waals surface area (Å²) in [4.78, 5) is 25.8. The Morgan fingerprint density at radius 3 is 2.68 bits per heavy atom. The van der Waals surface area contributed by atoms with Crippen LogP contribution in [0.25, 0.3) is 0 Å². The van der Waals surface area contributed by atoms with Gasteiger partial charge in [-0.2, -0.15) is 5.10 Å². The van der Waals surface area contributed by atoms with Crippen LogP contribution in [0.2, 0.25) is 5.02 Å². The standard InChI is InChI=1S/C21H17ClN4O2/c1-12-3-2-4-15-18(12)25-20(28)21(15)9-17(27)24-19-16(21)10-23-26(19)11-13-5-7-14(22)8-6-13/h2-8,10H,9,11H2,1H3,(H,24,27)(H,25,28)/t21-/m1/s1. The molecule has 0 unspecified atom stereocenters. The third kappa shape index (κ3) is 2.31. The first kappa shape index (κ1) is 17.0. The van der Waals surface area contributed by atoms with E-state index >= 15 is 0 Å².